The van der Waals surface area contributed by atoms with E-state index in [0.717, 1.165) is 30.6 Å². The van der Waals surface area contributed by atoms with Crippen LogP contribution in [0.4, 0.5) is 0 Å². The van der Waals surface area contributed by atoms with Crippen molar-refractivity contribution in [3.05, 3.63) is 30.1 Å². The topological polar surface area (TPSA) is 79.9 Å². The normalized spacial score (nSPS) is 33.1. The number of aromatic amines is 1. The number of nitrogens with zero attached hydrogens (tertiary/aromatic N) is 2. The molecule has 0 saturated heterocycles. The van der Waals surface area contributed by atoms with Crippen molar-refractivity contribution in [2.75, 3.05) is 7.11 Å². The molecule has 2 aromatic rings. The van der Waals surface area contributed by atoms with Crippen molar-refractivity contribution in [3.8, 4) is 17.1 Å². The minimum atomic E-state index is -0.202. The lowest BCUT2D eigenvalue weighted by Gasteiger charge is -2.59. The summed E-state index contributed by atoms with van der Waals surface area (Å²) in [6.07, 6.45) is 6.80. The molecule has 1 aromatic heterocycles. The lowest BCUT2D eigenvalue weighted by molar-refractivity contribution is -0.144. The molecule has 1 heterocycles. The number of H-pyrrole nitrogens is 1. The third-order valence-corrected chi connectivity index (χ3v) is 7.70. The second kappa shape index (κ2) is 6.58. The first kappa shape index (κ1) is 18.2. The maximum absolute atomic E-state index is 13.2. The summed E-state index contributed by atoms with van der Waals surface area (Å²) in [6.45, 7) is 0.383. The van der Waals surface area contributed by atoms with Crippen molar-refractivity contribution in [1.29, 1.82) is 0 Å². The first-order chi connectivity index (χ1) is 13.5. The minimum absolute atomic E-state index is 0.183. The van der Waals surface area contributed by atoms with Crippen LogP contribution in [-0.4, -0.2) is 32.5 Å². The van der Waals surface area contributed by atoms with Crippen LogP contribution in [0.2, 0.25) is 0 Å². The van der Waals surface area contributed by atoms with Gasteiger partial charge in [0.1, 0.15) is 11.6 Å². The summed E-state index contributed by atoms with van der Waals surface area (Å²) in [4.78, 5) is 17.7. The maximum Gasteiger partial charge on any atom is 0.226 e. The molecule has 1 amide bonds. The van der Waals surface area contributed by atoms with E-state index in [1.807, 2.05) is 24.3 Å². The van der Waals surface area contributed by atoms with Gasteiger partial charge in [0.25, 0.3) is 0 Å². The summed E-state index contributed by atoms with van der Waals surface area (Å²) >= 11 is 3.98. The Hall–Kier alpha value is -1.89. The van der Waals surface area contributed by atoms with Crippen molar-refractivity contribution in [2.24, 2.45) is 17.3 Å². The number of carbonyl (C=O) groups is 1. The molecular weight excluding hydrogens is 420 g/mol. The summed E-state index contributed by atoms with van der Waals surface area (Å²) in [5, 5.41) is 10.4. The molecule has 148 valence electrons. The first-order valence-corrected chi connectivity index (χ1v) is 10.8. The summed E-state index contributed by atoms with van der Waals surface area (Å²) in [5.74, 6) is 3.68. The van der Waals surface area contributed by atoms with E-state index in [2.05, 4.69) is 36.4 Å². The van der Waals surface area contributed by atoms with Gasteiger partial charge in [-0.3, -0.25) is 9.89 Å². The number of carbonyl (C=O) groups excluding carboxylic acids is 1. The predicted molar refractivity (Wildman–Crippen MR) is 109 cm³/mol. The van der Waals surface area contributed by atoms with Crippen LogP contribution in [0.3, 0.4) is 0 Å². The van der Waals surface area contributed by atoms with Gasteiger partial charge in [0.05, 0.1) is 19.1 Å². The zero-order valence-corrected chi connectivity index (χ0v) is 17.6. The Bertz CT molecular complexity index is 880. The standard InChI is InChI=1S/C21H25BrN4O2/c1-28-16-4-2-15(3-5-16)18-24-17(25-26-18)11-23-19(27)20-7-13-6-14(8-20)10-21(22,9-13)12-20/h2-5,13-14H,6-12H2,1H3,(H,23,27)(H,24,25,26). The lowest BCUT2D eigenvalue weighted by atomic mass is 9.49. The Labute approximate surface area is 173 Å². The number of hydrogen-bond acceptors (Lipinski definition) is 4. The van der Waals surface area contributed by atoms with Crippen molar-refractivity contribution in [2.45, 2.75) is 49.4 Å². The number of benzene rings is 1. The molecule has 6 rings (SSSR count). The van der Waals surface area contributed by atoms with E-state index in [9.17, 15) is 4.79 Å². The van der Waals surface area contributed by atoms with E-state index in [-0.39, 0.29) is 15.6 Å². The molecular formula is C21H25BrN4O2. The SMILES string of the molecule is COc1ccc(-c2n[nH]c(CNC(=O)C34CC5CC(CC(Br)(C5)C3)C4)n2)cc1. The molecule has 1 aromatic carbocycles. The summed E-state index contributed by atoms with van der Waals surface area (Å²) < 4.78 is 5.37. The van der Waals surface area contributed by atoms with Crippen LogP contribution in [0.1, 0.15) is 44.3 Å². The monoisotopic (exact) mass is 444 g/mol. The molecule has 0 radical (unpaired) electrons. The molecule has 6 nitrogen and oxygen atoms in total. The Kier molecular flexibility index (Phi) is 4.27. The van der Waals surface area contributed by atoms with Gasteiger partial charge in [0.15, 0.2) is 5.82 Å². The molecule has 4 aliphatic rings. The molecule has 4 bridgehead atoms. The number of hydrogen-bond donors (Lipinski definition) is 2. The predicted octanol–water partition coefficient (Wildman–Crippen LogP) is 3.83. The van der Waals surface area contributed by atoms with Crippen LogP contribution < -0.4 is 10.1 Å². The molecule has 4 saturated carbocycles. The fourth-order valence-corrected chi connectivity index (χ4v) is 7.46. The molecule has 4 fully saturated rings. The van der Waals surface area contributed by atoms with Crippen LogP contribution in [0, 0.1) is 17.3 Å². The van der Waals surface area contributed by atoms with Crippen LogP contribution in [-0.2, 0) is 11.3 Å². The van der Waals surface area contributed by atoms with Crippen molar-refractivity contribution < 1.29 is 9.53 Å². The van der Waals surface area contributed by atoms with Gasteiger partial charge in [-0.25, -0.2) is 4.98 Å². The van der Waals surface area contributed by atoms with E-state index < -0.39 is 0 Å². The second-order valence-corrected chi connectivity index (χ2v) is 10.6. The van der Waals surface area contributed by atoms with E-state index in [1.165, 1.54) is 19.3 Å². The maximum atomic E-state index is 13.2. The van der Waals surface area contributed by atoms with E-state index in [1.54, 1.807) is 7.11 Å². The average Bonchev–Trinajstić information content (AvgIpc) is 3.13. The third kappa shape index (κ3) is 3.13. The Balaban J connectivity index is 1.25. The highest BCUT2D eigenvalue weighted by Gasteiger charge is 2.59. The summed E-state index contributed by atoms with van der Waals surface area (Å²) in [7, 11) is 1.64. The highest BCUT2D eigenvalue weighted by molar-refractivity contribution is 9.10. The van der Waals surface area contributed by atoms with Gasteiger partial charge in [-0.15, -0.1) is 0 Å². The van der Waals surface area contributed by atoms with Crippen LogP contribution >= 0.6 is 15.9 Å². The van der Waals surface area contributed by atoms with Gasteiger partial charge in [-0.2, -0.15) is 5.10 Å². The summed E-state index contributed by atoms with van der Waals surface area (Å²) in [6, 6.07) is 7.62. The number of methoxy groups -OCH3 is 1. The molecule has 0 spiro atoms. The van der Waals surface area contributed by atoms with Gasteiger partial charge in [-0.1, -0.05) is 15.9 Å². The molecule has 2 unspecified atom stereocenters. The van der Waals surface area contributed by atoms with Crippen molar-refractivity contribution in [3.63, 3.8) is 0 Å². The number of nitrogens with one attached hydrogen (secondary N) is 2. The Morgan fingerprint density at radius 2 is 1.96 bits per heavy atom. The Morgan fingerprint density at radius 3 is 2.61 bits per heavy atom. The minimum Gasteiger partial charge on any atom is -0.497 e. The van der Waals surface area contributed by atoms with Gasteiger partial charge >= 0.3 is 0 Å². The highest BCUT2D eigenvalue weighted by Crippen LogP contribution is 2.64. The summed E-state index contributed by atoms with van der Waals surface area (Å²) in [5.41, 5.74) is 0.712. The van der Waals surface area contributed by atoms with Gasteiger partial charge in [0.2, 0.25) is 5.91 Å². The molecule has 0 aliphatic heterocycles. The third-order valence-electron chi connectivity index (χ3n) is 6.77. The fraction of sp³-hybridized carbons (Fsp3) is 0.571. The lowest BCUT2D eigenvalue weighted by Crippen LogP contribution is -2.58. The quantitative estimate of drug-likeness (QED) is 0.686. The smallest absolute Gasteiger partial charge is 0.226 e. The van der Waals surface area contributed by atoms with Crippen molar-refractivity contribution in [1.82, 2.24) is 20.5 Å². The largest absolute Gasteiger partial charge is 0.497 e. The number of rotatable bonds is 5. The number of alkyl halides is 1. The number of ether oxygens (including phenoxy) is 1. The van der Waals surface area contributed by atoms with E-state index in [0.29, 0.717) is 30.0 Å². The Morgan fingerprint density at radius 1 is 1.25 bits per heavy atom. The average molecular weight is 445 g/mol. The molecule has 2 atom stereocenters. The van der Waals surface area contributed by atoms with Crippen LogP contribution in [0.15, 0.2) is 24.3 Å². The zero-order valence-electron chi connectivity index (χ0n) is 16.0. The fourth-order valence-electron chi connectivity index (χ4n) is 6.01. The number of aromatic nitrogens is 3. The first-order valence-electron chi connectivity index (χ1n) is 10.00. The van der Waals surface area contributed by atoms with Crippen LogP contribution in [0.25, 0.3) is 11.4 Å². The van der Waals surface area contributed by atoms with Gasteiger partial charge in [0, 0.05) is 9.89 Å². The van der Waals surface area contributed by atoms with Gasteiger partial charge < -0.3 is 10.1 Å². The van der Waals surface area contributed by atoms with E-state index >= 15 is 0 Å². The molecule has 7 heteroatoms. The zero-order chi connectivity index (χ0) is 19.4. The number of halogens is 1. The molecule has 28 heavy (non-hydrogen) atoms. The van der Waals surface area contributed by atoms with E-state index in [4.69, 9.17) is 4.74 Å². The molecule has 4 aliphatic carbocycles. The van der Waals surface area contributed by atoms with Crippen LogP contribution in [0.5, 0.6) is 5.75 Å². The number of amides is 1. The second-order valence-electron chi connectivity index (χ2n) is 8.91. The molecule has 2 N–H and O–H groups in total. The van der Waals surface area contributed by atoms with Gasteiger partial charge in [-0.05, 0) is 74.6 Å². The highest BCUT2D eigenvalue weighted by atomic mass is 79.9. The van der Waals surface area contributed by atoms with Crippen molar-refractivity contribution >= 4 is 21.8 Å².